The van der Waals surface area contributed by atoms with Gasteiger partial charge in [0, 0.05) is 0 Å². The van der Waals surface area contributed by atoms with Crippen LogP contribution in [0, 0.1) is 17.0 Å². The second-order valence-electron chi connectivity index (χ2n) is 2.62. The Bertz CT molecular complexity index is 525. The van der Waals surface area contributed by atoms with Gasteiger partial charge >= 0.3 is 5.69 Å². The predicted octanol–water partition coefficient (Wildman–Crippen LogP) is 2.56. The smallest absolute Gasteiger partial charge is 0.258 e. The van der Waals surface area contributed by atoms with Crippen molar-refractivity contribution in [3.63, 3.8) is 0 Å². The molecule has 0 saturated carbocycles. The fourth-order valence-corrected chi connectivity index (χ4v) is 2.28. The molecule has 0 saturated heterocycles. The summed E-state index contributed by atoms with van der Waals surface area (Å²) in [5.41, 5.74) is 0.301. The van der Waals surface area contributed by atoms with Crippen molar-refractivity contribution in [3.8, 4) is 0 Å². The molecule has 0 aliphatic carbocycles. The van der Waals surface area contributed by atoms with Gasteiger partial charge in [0.2, 0.25) is 0 Å². The van der Waals surface area contributed by atoms with E-state index in [4.69, 9.17) is 11.6 Å². The average Bonchev–Trinajstić information content (AvgIpc) is 2.47. The molecule has 14 heavy (non-hydrogen) atoms. The summed E-state index contributed by atoms with van der Waals surface area (Å²) in [4.78, 5) is 18.0. The molecule has 0 atom stereocenters. The summed E-state index contributed by atoms with van der Waals surface area (Å²) in [6.07, 6.45) is 0. The van der Waals surface area contributed by atoms with Gasteiger partial charge in [0.15, 0.2) is 10.7 Å². The van der Waals surface area contributed by atoms with Gasteiger partial charge in [-0.25, -0.2) is 9.97 Å². The van der Waals surface area contributed by atoms with Crippen molar-refractivity contribution in [2.45, 2.75) is 6.92 Å². The van der Waals surface area contributed by atoms with E-state index >= 15 is 0 Å². The lowest BCUT2D eigenvalue weighted by Gasteiger charge is -1.94. The third-order valence-electron chi connectivity index (χ3n) is 1.66. The van der Waals surface area contributed by atoms with E-state index in [1.807, 2.05) is 0 Å². The fraction of sp³-hybridized carbons (Fsp3) is 0.143. The van der Waals surface area contributed by atoms with Gasteiger partial charge in [-0.2, -0.15) is 0 Å². The number of hydrogen-bond donors (Lipinski definition) is 0. The van der Waals surface area contributed by atoms with E-state index in [9.17, 15) is 10.1 Å². The van der Waals surface area contributed by atoms with Crippen LogP contribution in [0.4, 0.5) is 5.69 Å². The fourth-order valence-electron chi connectivity index (χ4n) is 1.11. The average molecular weight is 230 g/mol. The van der Waals surface area contributed by atoms with Crippen LogP contribution in [-0.2, 0) is 0 Å². The van der Waals surface area contributed by atoms with Gasteiger partial charge in [0.05, 0.1) is 15.0 Å². The molecule has 0 amide bonds. The molecule has 0 radical (unpaired) electrons. The van der Waals surface area contributed by atoms with Crippen LogP contribution in [-0.4, -0.2) is 14.9 Å². The van der Waals surface area contributed by atoms with Crippen molar-refractivity contribution in [3.05, 3.63) is 26.5 Å². The van der Waals surface area contributed by atoms with Crippen molar-refractivity contribution in [2.75, 3.05) is 0 Å². The first-order valence-corrected chi connectivity index (χ1v) is 4.91. The maximum atomic E-state index is 10.6. The first kappa shape index (κ1) is 9.29. The lowest BCUT2D eigenvalue weighted by Crippen LogP contribution is -1.91. The summed E-state index contributed by atoms with van der Waals surface area (Å²) < 4.78 is 0.559. The van der Waals surface area contributed by atoms with Gasteiger partial charge in [-0.3, -0.25) is 10.1 Å². The van der Waals surface area contributed by atoms with E-state index in [1.165, 1.54) is 16.7 Å². The van der Waals surface area contributed by atoms with Crippen molar-refractivity contribution in [2.24, 2.45) is 0 Å². The zero-order valence-corrected chi connectivity index (χ0v) is 8.59. The van der Waals surface area contributed by atoms with Crippen molar-refractivity contribution < 1.29 is 4.92 Å². The van der Waals surface area contributed by atoms with E-state index in [2.05, 4.69) is 9.97 Å². The maximum absolute atomic E-state index is 10.6. The van der Waals surface area contributed by atoms with Crippen molar-refractivity contribution >= 4 is 38.8 Å². The summed E-state index contributed by atoms with van der Waals surface area (Å²) in [6, 6.07) is 0. The molecule has 0 bridgehead atoms. The number of halogens is 1. The van der Waals surface area contributed by atoms with Gasteiger partial charge in [0.25, 0.3) is 0 Å². The minimum Gasteiger partial charge on any atom is -0.258 e. The highest BCUT2D eigenvalue weighted by molar-refractivity contribution is 7.18. The first-order valence-electron chi connectivity index (χ1n) is 3.65. The summed E-state index contributed by atoms with van der Waals surface area (Å²) in [7, 11) is 0. The number of aromatic nitrogens is 2. The Labute approximate surface area is 87.5 Å². The summed E-state index contributed by atoms with van der Waals surface area (Å²) in [5, 5.41) is 12.3. The number of aryl methyl sites for hydroxylation is 1. The SMILES string of the molecule is Cc1nc(Cl)c2scc([N+](=O)[O-])c2n1. The summed E-state index contributed by atoms with van der Waals surface area (Å²) in [5.74, 6) is 0.434. The molecule has 2 aromatic heterocycles. The molecule has 0 aromatic carbocycles. The van der Waals surface area contributed by atoms with Crippen LogP contribution < -0.4 is 0 Å². The predicted molar refractivity (Wildman–Crippen MR) is 53.8 cm³/mol. The van der Waals surface area contributed by atoms with Crippen LogP contribution >= 0.6 is 22.9 Å². The van der Waals surface area contributed by atoms with Gasteiger partial charge in [-0.1, -0.05) is 11.6 Å². The third kappa shape index (κ3) is 1.32. The van der Waals surface area contributed by atoms with Crippen LogP contribution in [0.5, 0.6) is 0 Å². The number of rotatable bonds is 1. The van der Waals surface area contributed by atoms with E-state index < -0.39 is 4.92 Å². The van der Waals surface area contributed by atoms with E-state index in [1.54, 1.807) is 6.92 Å². The van der Waals surface area contributed by atoms with Gasteiger partial charge in [-0.05, 0) is 6.92 Å². The van der Waals surface area contributed by atoms with E-state index in [0.29, 0.717) is 16.0 Å². The molecule has 2 heterocycles. The molecule has 0 fully saturated rings. The molecule has 0 aliphatic rings. The molecule has 7 heteroatoms. The molecule has 2 rings (SSSR count). The molecule has 0 spiro atoms. The van der Waals surface area contributed by atoms with Crippen LogP contribution in [0.25, 0.3) is 10.2 Å². The van der Waals surface area contributed by atoms with E-state index in [0.717, 1.165) is 0 Å². The molecule has 0 aliphatic heterocycles. The molecule has 5 nitrogen and oxygen atoms in total. The normalized spacial score (nSPS) is 10.7. The molecule has 2 aromatic rings. The maximum Gasteiger partial charge on any atom is 0.306 e. The van der Waals surface area contributed by atoms with Crippen LogP contribution in [0.1, 0.15) is 5.82 Å². The molecular weight excluding hydrogens is 226 g/mol. The van der Waals surface area contributed by atoms with Gasteiger partial charge < -0.3 is 0 Å². The van der Waals surface area contributed by atoms with Gasteiger partial charge in [0.1, 0.15) is 5.82 Å². The van der Waals surface area contributed by atoms with Gasteiger partial charge in [-0.15, -0.1) is 11.3 Å². The third-order valence-corrected chi connectivity index (χ3v) is 3.01. The molecular formula is C7H4ClN3O2S. The zero-order chi connectivity index (χ0) is 10.3. The molecule has 0 N–H and O–H groups in total. The second kappa shape index (κ2) is 3.14. The molecule has 72 valence electrons. The highest BCUT2D eigenvalue weighted by atomic mass is 35.5. The van der Waals surface area contributed by atoms with Crippen LogP contribution in [0.2, 0.25) is 5.15 Å². The van der Waals surface area contributed by atoms with E-state index in [-0.39, 0.29) is 10.8 Å². The Balaban J connectivity index is 2.85. The number of nitrogens with zero attached hydrogens (tertiary/aromatic N) is 3. The Morgan fingerprint density at radius 1 is 1.57 bits per heavy atom. The van der Waals surface area contributed by atoms with Crippen LogP contribution in [0.3, 0.4) is 0 Å². The van der Waals surface area contributed by atoms with Crippen molar-refractivity contribution in [1.82, 2.24) is 9.97 Å². The Hall–Kier alpha value is -1.27. The lowest BCUT2D eigenvalue weighted by molar-refractivity contribution is -0.382. The summed E-state index contributed by atoms with van der Waals surface area (Å²) in [6.45, 7) is 1.65. The van der Waals surface area contributed by atoms with Crippen LogP contribution in [0.15, 0.2) is 5.38 Å². The Morgan fingerprint density at radius 3 is 2.93 bits per heavy atom. The highest BCUT2D eigenvalue weighted by Gasteiger charge is 2.18. The number of nitro groups is 1. The lowest BCUT2D eigenvalue weighted by atomic mass is 10.4. The topological polar surface area (TPSA) is 68.9 Å². The van der Waals surface area contributed by atoms with Crippen molar-refractivity contribution in [1.29, 1.82) is 0 Å². The largest absolute Gasteiger partial charge is 0.306 e. The minimum atomic E-state index is -0.471. The molecule has 0 unspecified atom stereocenters. The minimum absolute atomic E-state index is 0.0163. The standard InChI is InChI=1S/C7H4ClN3O2S/c1-3-9-5-4(11(12)13)2-14-6(5)7(8)10-3/h2H,1H3. The number of thiophene rings is 1. The Morgan fingerprint density at radius 2 is 2.29 bits per heavy atom. The quantitative estimate of drug-likeness (QED) is 0.428. The Kier molecular flexibility index (Phi) is 2.09. The monoisotopic (exact) mass is 229 g/mol. The summed E-state index contributed by atoms with van der Waals surface area (Å²) >= 11 is 7.00. The second-order valence-corrected chi connectivity index (χ2v) is 3.86. The zero-order valence-electron chi connectivity index (χ0n) is 7.02. The number of fused-ring (bicyclic) bond motifs is 1. The number of hydrogen-bond acceptors (Lipinski definition) is 5. The first-order chi connectivity index (χ1) is 6.59. The highest BCUT2D eigenvalue weighted by Crippen LogP contribution is 2.33.